The summed E-state index contributed by atoms with van der Waals surface area (Å²) in [5.74, 6) is -0.115. The van der Waals surface area contributed by atoms with Gasteiger partial charge in [0.1, 0.15) is 0 Å². The molecule has 0 aliphatic carbocycles. The van der Waals surface area contributed by atoms with Gasteiger partial charge < -0.3 is 14.8 Å². The van der Waals surface area contributed by atoms with Gasteiger partial charge in [-0.3, -0.25) is 4.79 Å². The Bertz CT molecular complexity index is 636. The smallest absolute Gasteiger partial charge is 0.254 e. The molecule has 1 N–H and O–H groups in total. The van der Waals surface area contributed by atoms with Crippen molar-refractivity contribution in [1.29, 1.82) is 0 Å². The van der Waals surface area contributed by atoms with Crippen molar-refractivity contribution in [3.63, 3.8) is 0 Å². The number of aromatic nitrogens is 2. The van der Waals surface area contributed by atoms with E-state index >= 15 is 0 Å². The van der Waals surface area contributed by atoms with Crippen molar-refractivity contribution in [2.24, 2.45) is 0 Å². The molecule has 1 aliphatic heterocycles. The average Bonchev–Trinajstić information content (AvgIpc) is 3.30. The van der Waals surface area contributed by atoms with Crippen molar-refractivity contribution in [3.05, 3.63) is 48.3 Å². The molecule has 1 amide bonds. The van der Waals surface area contributed by atoms with Gasteiger partial charge in [0.05, 0.1) is 30.2 Å². The summed E-state index contributed by atoms with van der Waals surface area (Å²) >= 11 is 0. The highest BCUT2D eigenvalue weighted by atomic mass is 16.5. The molecule has 6 nitrogen and oxygen atoms in total. The van der Waals surface area contributed by atoms with E-state index in [0.29, 0.717) is 25.3 Å². The monoisotopic (exact) mass is 329 g/mol. The fraction of sp³-hybridized carbons (Fsp3) is 0.444. The Hall–Kier alpha value is -2.18. The molecule has 1 atom stereocenters. The minimum Gasteiger partial charge on any atom is -0.379 e. The van der Waals surface area contributed by atoms with Crippen LogP contribution in [-0.4, -0.2) is 48.2 Å². The molecule has 24 heavy (non-hydrogen) atoms. The second-order valence-corrected chi connectivity index (χ2v) is 5.83. The van der Waals surface area contributed by atoms with Crippen LogP contribution in [0.15, 0.2) is 42.7 Å². The van der Waals surface area contributed by atoms with Gasteiger partial charge in [0.15, 0.2) is 0 Å². The SMILES string of the molecule is O=C(NCCCOCC1CCCO1)c1cnn(-c2ccccc2)c1. The minimum absolute atomic E-state index is 0.115. The molecule has 2 aromatic rings. The van der Waals surface area contributed by atoms with Gasteiger partial charge in [0, 0.05) is 26.0 Å². The molecular formula is C18H23N3O3. The Kier molecular flexibility index (Phi) is 5.98. The first-order chi connectivity index (χ1) is 11.8. The highest BCUT2D eigenvalue weighted by Gasteiger charge is 2.15. The summed E-state index contributed by atoms with van der Waals surface area (Å²) in [7, 11) is 0. The molecular weight excluding hydrogens is 306 g/mol. The van der Waals surface area contributed by atoms with Crippen LogP contribution in [0.4, 0.5) is 0 Å². The zero-order valence-electron chi connectivity index (χ0n) is 13.7. The summed E-state index contributed by atoms with van der Waals surface area (Å²) < 4.78 is 12.8. The van der Waals surface area contributed by atoms with E-state index in [-0.39, 0.29) is 12.0 Å². The number of carbonyl (C=O) groups excluding carboxylic acids is 1. The molecule has 0 bridgehead atoms. The zero-order valence-corrected chi connectivity index (χ0v) is 13.7. The van der Waals surface area contributed by atoms with Gasteiger partial charge in [-0.25, -0.2) is 4.68 Å². The van der Waals surface area contributed by atoms with E-state index in [1.165, 1.54) is 0 Å². The topological polar surface area (TPSA) is 65.4 Å². The minimum atomic E-state index is -0.115. The van der Waals surface area contributed by atoms with Gasteiger partial charge in [0.2, 0.25) is 0 Å². The molecule has 128 valence electrons. The van der Waals surface area contributed by atoms with E-state index in [1.54, 1.807) is 17.1 Å². The van der Waals surface area contributed by atoms with E-state index < -0.39 is 0 Å². The predicted molar refractivity (Wildman–Crippen MR) is 90.3 cm³/mol. The molecule has 0 saturated carbocycles. The third kappa shape index (κ3) is 4.66. The first-order valence-electron chi connectivity index (χ1n) is 8.40. The number of benzene rings is 1. The first kappa shape index (κ1) is 16.7. The number of nitrogens with zero attached hydrogens (tertiary/aromatic N) is 2. The number of rotatable bonds is 8. The molecule has 1 aliphatic rings. The molecule has 1 aromatic carbocycles. The highest BCUT2D eigenvalue weighted by molar-refractivity contribution is 5.93. The molecule has 1 aromatic heterocycles. The number of nitrogens with one attached hydrogen (secondary N) is 1. The second-order valence-electron chi connectivity index (χ2n) is 5.83. The molecule has 1 unspecified atom stereocenters. The lowest BCUT2D eigenvalue weighted by Crippen LogP contribution is -2.25. The zero-order chi connectivity index (χ0) is 16.6. The van der Waals surface area contributed by atoms with E-state index in [0.717, 1.165) is 31.6 Å². The van der Waals surface area contributed by atoms with Crippen LogP contribution in [0, 0.1) is 0 Å². The summed E-state index contributed by atoms with van der Waals surface area (Å²) in [4.78, 5) is 12.1. The van der Waals surface area contributed by atoms with Crippen molar-refractivity contribution >= 4 is 5.91 Å². The van der Waals surface area contributed by atoms with Crippen molar-refractivity contribution in [2.45, 2.75) is 25.4 Å². The lowest BCUT2D eigenvalue weighted by Gasteiger charge is -2.10. The molecule has 2 heterocycles. The Morgan fingerprint density at radius 3 is 3.04 bits per heavy atom. The van der Waals surface area contributed by atoms with Crippen LogP contribution in [0.1, 0.15) is 29.6 Å². The molecule has 1 fully saturated rings. The number of amides is 1. The Morgan fingerprint density at radius 2 is 2.25 bits per heavy atom. The summed E-state index contributed by atoms with van der Waals surface area (Å²) in [6, 6.07) is 9.71. The van der Waals surface area contributed by atoms with Crippen LogP contribution in [0.3, 0.4) is 0 Å². The van der Waals surface area contributed by atoms with Gasteiger partial charge >= 0.3 is 0 Å². The van der Waals surface area contributed by atoms with Crippen LogP contribution >= 0.6 is 0 Å². The van der Waals surface area contributed by atoms with Gasteiger partial charge in [-0.05, 0) is 31.4 Å². The average molecular weight is 329 g/mol. The van der Waals surface area contributed by atoms with E-state index in [4.69, 9.17) is 9.47 Å². The summed E-state index contributed by atoms with van der Waals surface area (Å²) in [5, 5.41) is 7.12. The number of hydrogen-bond acceptors (Lipinski definition) is 4. The summed E-state index contributed by atoms with van der Waals surface area (Å²) in [6.07, 6.45) is 6.56. The van der Waals surface area contributed by atoms with Crippen LogP contribution in [0.25, 0.3) is 5.69 Å². The summed E-state index contributed by atoms with van der Waals surface area (Å²) in [6.45, 7) is 2.71. The summed E-state index contributed by atoms with van der Waals surface area (Å²) in [5.41, 5.74) is 1.48. The molecule has 3 rings (SSSR count). The van der Waals surface area contributed by atoms with E-state index in [1.807, 2.05) is 30.3 Å². The highest BCUT2D eigenvalue weighted by Crippen LogP contribution is 2.12. The van der Waals surface area contributed by atoms with E-state index in [9.17, 15) is 4.79 Å². The maximum absolute atomic E-state index is 12.1. The van der Waals surface area contributed by atoms with Gasteiger partial charge in [-0.15, -0.1) is 0 Å². The quantitative estimate of drug-likeness (QED) is 0.754. The van der Waals surface area contributed by atoms with Crippen molar-refractivity contribution in [2.75, 3.05) is 26.4 Å². The van der Waals surface area contributed by atoms with Crippen molar-refractivity contribution in [1.82, 2.24) is 15.1 Å². The number of ether oxygens (including phenoxy) is 2. The standard InChI is InChI=1S/C18H23N3O3/c22-18(19-9-5-10-23-14-17-8-4-11-24-17)15-12-20-21(13-15)16-6-2-1-3-7-16/h1-3,6-7,12-13,17H,4-5,8-11,14H2,(H,19,22). The predicted octanol–water partition coefficient (Wildman–Crippen LogP) is 2.19. The number of para-hydroxylation sites is 1. The normalized spacial score (nSPS) is 17.1. The molecule has 1 saturated heterocycles. The maximum atomic E-state index is 12.1. The van der Waals surface area contributed by atoms with Crippen molar-refractivity contribution < 1.29 is 14.3 Å². The van der Waals surface area contributed by atoms with Crippen LogP contribution in [0.5, 0.6) is 0 Å². The molecule has 0 spiro atoms. The first-order valence-corrected chi connectivity index (χ1v) is 8.40. The third-order valence-corrected chi connectivity index (χ3v) is 3.94. The third-order valence-electron chi connectivity index (χ3n) is 3.94. The van der Waals surface area contributed by atoms with Crippen LogP contribution < -0.4 is 5.32 Å². The fourth-order valence-electron chi connectivity index (χ4n) is 2.63. The van der Waals surface area contributed by atoms with Gasteiger partial charge in [-0.1, -0.05) is 18.2 Å². The Balaban J connectivity index is 1.35. The Morgan fingerprint density at radius 1 is 1.38 bits per heavy atom. The Labute approximate surface area is 141 Å². The second kappa shape index (κ2) is 8.61. The number of carbonyl (C=O) groups is 1. The lowest BCUT2D eigenvalue weighted by molar-refractivity contribution is 0.0166. The lowest BCUT2D eigenvalue weighted by atomic mass is 10.2. The maximum Gasteiger partial charge on any atom is 0.254 e. The van der Waals surface area contributed by atoms with E-state index in [2.05, 4.69) is 10.4 Å². The molecule has 0 radical (unpaired) electrons. The fourth-order valence-corrected chi connectivity index (χ4v) is 2.63. The van der Waals surface area contributed by atoms with Gasteiger partial charge in [-0.2, -0.15) is 5.10 Å². The number of hydrogen-bond donors (Lipinski definition) is 1. The van der Waals surface area contributed by atoms with Crippen LogP contribution in [0.2, 0.25) is 0 Å². The molecule has 6 heteroatoms. The van der Waals surface area contributed by atoms with Crippen LogP contribution in [-0.2, 0) is 9.47 Å². The van der Waals surface area contributed by atoms with Crippen molar-refractivity contribution in [3.8, 4) is 5.69 Å². The van der Waals surface area contributed by atoms with Gasteiger partial charge in [0.25, 0.3) is 5.91 Å². The largest absolute Gasteiger partial charge is 0.379 e.